The summed E-state index contributed by atoms with van der Waals surface area (Å²) in [5.74, 6) is 0.944. The van der Waals surface area contributed by atoms with E-state index < -0.39 is 0 Å². The summed E-state index contributed by atoms with van der Waals surface area (Å²) in [5, 5.41) is 4.60. The minimum absolute atomic E-state index is 0.371. The second-order valence-corrected chi connectivity index (χ2v) is 5.39. The van der Waals surface area contributed by atoms with Crippen LogP contribution in [0.2, 0.25) is 0 Å². The molecule has 3 rings (SSSR count). The molecule has 1 fully saturated rings. The number of rotatable bonds is 1. The zero-order valence-corrected chi connectivity index (χ0v) is 11.4. The molecule has 1 saturated heterocycles. The number of fused-ring (bicyclic) bond motifs is 1. The number of likely N-dealkylation sites (tertiary alicyclic amines) is 1. The summed E-state index contributed by atoms with van der Waals surface area (Å²) in [4.78, 5) is 6.98. The normalized spacial score (nSPS) is 22.1. The van der Waals surface area contributed by atoms with Crippen LogP contribution in [0.15, 0.2) is 22.8 Å². The van der Waals surface area contributed by atoms with E-state index in [0.717, 1.165) is 29.0 Å². The van der Waals surface area contributed by atoms with Gasteiger partial charge in [-0.05, 0) is 54.5 Å². The Morgan fingerprint density at radius 2 is 2.24 bits per heavy atom. The van der Waals surface area contributed by atoms with Gasteiger partial charge in [0.25, 0.3) is 0 Å². The third kappa shape index (κ3) is 1.98. The summed E-state index contributed by atoms with van der Waals surface area (Å²) in [7, 11) is 2.16. The molecule has 0 saturated carbocycles. The zero-order chi connectivity index (χ0) is 11.8. The Balaban J connectivity index is 2.02. The average Bonchev–Trinajstić information content (AvgIpc) is 2.75. The molecule has 1 aliphatic heterocycles. The van der Waals surface area contributed by atoms with Crippen LogP contribution in [-0.4, -0.2) is 33.1 Å². The van der Waals surface area contributed by atoms with Gasteiger partial charge < -0.3 is 0 Å². The maximum atomic E-state index is 4.63. The summed E-state index contributed by atoms with van der Waals surface area (Å²) in [6, 6.07) is 6.33. The van der Waals surface area contributed by atoms with E-state index in [1.807, 2.05) is 22.7 Å². The fourth-order valence-corrected chi connectivity index (χ4v) is 2.85. The predicted octanol–water partition coefficient (Wildman–Crippen LogP) is 2.65. The lowest BCUT2D eigenvalue weighted by Gasteiger charge is -2.30. The van der Waals surface area contributed by atoms with Crippen molar-refractivity contribution < 1.29 is 0 Å². The van der Waals surface area contributed by atoms with Crippen LogP contribution < -0.4 is 0 Å². The van der Waals surface area contributed by atoms with Gasteiger partial charge >= 0.3 is 0 Å². The third-order valence-corrected chi connectivity index (χ3v) is 4.00. The Bertz CT molecular complexity index is 536. The summed E-state index contributed by atoms with van der Waals surface area (Å²) in [6.45, 7) is 1.14. The minimum Gasteiger partial charge on any atom is -0.296 e. The van der Waals surface area contributed by atoms with E-state index in [1.54, 1.807) is 0 Å². The number of piperidine rings is 1. The molecular formula is C12H15BrN4. The molecular weight excluding hydrogens is 280 g/mol. The third-order valence-electron chi connectivity index (χ3n) is 3.40. The van der Waals surface area contributed by atoms with Crippen molar-refractivity contribution in [2.75, 3.05) is 13.6 Å². The van der Waals surface area contributed by atoms with Crippen LogP contribution in [0, 0.1) is 0 Å². The van der Waals surface area contributed by atoms with Crippen molar-refractivity contribution in [1.82, 2.24) is 19.5 Å². The van der Waals surface area contributed by atoms with Gasteiger partial charge in [0.15, 0.2) is 11.5 Å². The Morgan fingerprint density at radius 3 is 3.00 bits per heavy atom. The summed E-state index contributed by atoms with van der Waals surface area (Å²) in [6.07, 6.45) is 3.71. The summed E-state index contributed by atoms with van der Waals surface area (Å²) < 4.78 is 2.81. The van der Waals surface area contributed by atoms with Crippen molar-refractivity contribution in [2.45, 2.75) is 25.3 Å². The number of halogens is 1. The Kier molecular flexibility index (Phi) is 2.88. The first-order valence-electron chi connectivity index (χ1n) is 5.97. The molecule has 0 aliphatic carbocycles. The molecule has 5 heteroatoms. The van der Waals surface area contributed by atoms with Crippen molar-refractivity contribution in [3.8, 4) is 0 Å². The van der Waals surface area contributed by atoms with Crippen molar-refractivity contribution in [3.63, 3.8) is 0 Å². The molecule has 90 valence electrons. The molecule has 0 bridgehead atoms. The summed E-state index contributed by atoms with van der Waals surface area (Å²) >= 11 is 3.50. The number of hydrogen-bond acceptors (Lipinski definition) is 3. The highest BCUT2D eigenvalue weighted by Crippen LogP contribution is 2.28. The predicted molar refractivity (Wildman–Crippen MR) is 69.9 cm³/mol. The Labute approximate surface area is 109 Å². The smallest absolute Gasteiger partial charge is 0.168 e. The van der Waals surface area contributed by atoms with Gasteiger partial charge in [0.1, 0.15) is 4.60 Å². The zero-order valence-electron chi connectivity index (χ0n) is 9.80. The monoisotopic (exact) mass is 294 g/mol. The van der Waals surface area contributed by atoms with Gasteiger partial charge in [0, 0.05) is 0 Å². The van der Waals surface area contributed by atoms with Crippen LogP contribution in [0.3, 0.4) is 0 Å². The highest BCUT2D eigenvalue weighted by Gasteiger charge is 2.24. The van der Waals surface area contributed by atoms with E-state index in [-0.39, 0.29) is 0 Å². The van der Waals surface area contributed by atoms with Gasteiger partial charge in [0.05, 0.1) is 6.04 Å². The van der Waals surface area contributed by atoms with E-state index in [2.05, 4.69) is 38.0 Å². The lowest BCUT2D eigenvalue weighted by Crippen LogP contribution is -2.30. The van der Waals surface area contributed by atoms with E-state index in [0.29, 0.717) is 6.04 Å². The van der Waals surface area contributed by atoms with E-state index in [4.69, 9.17) is 0 Å². The number of hydrogen-bond donors (Lipinski definition) is 0. The average molecular weight is 295 g/mol. The van der Waals surface area contributed by atoms with E-state index >= 15 is 0 Å². The SMILES string of the molecule is CN1CCCCC1c1nc2cccc(Br)n2n1. The van der Waals surface area contributed by atoms with Crippen LogP contribution in [0.4, 0.5) is 0 Å². The lowest BCUT2D eigenvalue weighted by atomic mass is 10.0. The molecule has 2 aromatic heterocycles. The molecule has 1 unspecified atom stereocenters. The Morgan fingerprint density at radius 1 is 1.35 bits per heavy atom. The van der Waals surface area contributed by atoms with Crippen molar-refractivity contribution in [1.29, 1.82) is 0 Å². The van der Waals surface area contributed by atoms with Crippen LogP contribution in [0.1, 0.15) is 31.1 Å². The molecule has 0 spiro atoms. The van der Waals surface area contributed by atoms with Gasteiger partial charge in [-0.1, -0.05) is 12.5 Å². The molecule has 3 heterocycles. The fraction of sp³-hybridized carbons (Fsp3) is 0.500. The van der Waals surface area contributed by atoms with Crippen molar-refractivity contribution >= 4 is 21.6 Å². The lowest BCUT2D eigenvalue weighted by molar-refractivity contribution is 0.179. The minimum atomic E-state index is 0.371. The maximum absolute atomic E-state index is 4.63. The highest BCUT2D eigenvalue weighted by atomic mass is 79.9. The molecule has 0 radical (unpaired) electrons. The first-order chi connectivity index (χ1) is 8.25. The van der Waals surface area contributed by atoms with Gasteiger partial charge in [-0.3, -0.25) is 4.90 Å². The number of aromatic nitrogens is 3. The molecule has 0 amide bonds. The van der Waals surface area contributed by atoms with Crippen LogP contribution in [-0.2, 0) is 0 Å². The molecule has 17 heavy (non-hydrogen) atoms. The largest absolute Gasteiger partial charge is 0.296 e. The van der Waals surface area contributed by atoms with Gasteiger partial charge in [0.2, 0.25) is 0 Å². The molecule has 2 aromatic rings. The van der Waals surface area contributed by atoms with E-state index in [1.165, 1.54) is 12.8 Å². The van der Waals surface area contributed by atoms with Crippen molar-refractivity contribution in [3.05, 3.63) is 28.6 Å². The highest BCUT2D eigenvalue weighted by molar-refractivity contribution is 9.10. The number of nitrogens with zero attached hydrogens (tertiary/aromatic N) is 4. The molecule has 1 atom stereocenters. The molecule has 1 aliphatic rings. The summed E-state index contributed by atoms with van der Waals surface area (Å²) in [5.41, 5.74) is 0.911. The fourth-order valence-electron chi connectivity index (χ4n) is 2.43. The second-order valence-electron chi connectivity index (χ2n) is 4.58. The first-order valence-corrected chi connectivity index (χ1v) is 6.76. The van der Waals surface area contributed by atoms with Gasteiger partial charge in [-0.15, -0.1) is 5.10 Å². The molecule has 0 N–H and O–H groups in total. The van der Waals surface area contributed by atoms with Crippen molar-refractivity contribution in [2.24, 2.45) is 0 Å². The standard InChI is InChI=1S/C12H15BrN4/c1-16-8-3-2-5-9(16)12-14-11-7-4-6-10(13)17(11)15-12/h4,6-7,9H,2-3,5,8H2,1H3. The topological polar surface area (TPSA) is 33.4 Å². The van der Waals surface area contributed by atoms with Crippen LogP contribution in [0.25, 0.3) is 5.65 Å². The van der Waals surface area contributed by atoms with Crippen LogP contribution in [0.5, 0.6) is 0 Å². The quantitative estimate of drug-likeness (QED) is 0.758. The molecule has 4 nitrogen and oxygen atoms in total. The van der Waals surface area contributed by atoms with Gasteiger partial charge in [-0.2, -0.15) is 0 Å². The number of pyridine rings is 1. The Hall–Kier alpha value is -0.940. The maximum Gasteiger partial charge on any atom is 0.168 e. The first kappa shape index (κ1) is 11.2. The van der Waals surface area contributed by atoms with E-state index in [9.17, 15) is 0 Å². The second kappa shape index (κ2) is 4.38. The van der Waals surface area contributed by atoms with Crippen LogP contribution >= 0.6 is 15.9 Å². The van der Waals surface area contributed by atoms with Gasteiger partial charge in [-0.25, -0.2) is 9.50 Å². The molecule has 0 aromatic carbocycles.